The topological polar surface area (TPSA) is 120 Å². The highest BCUT2D eigenvalue weighted by molar-refractivity contribution is 8.23. The van der Waals surface area contributed by atoms with Gasteiger partial charge in [0.05, 0.1) is 17.6 Å². The molecule has 8 nitrogen and oxygen atoms in total. The van der Waals surface area contributed by atoms with Crippen molar-refractivity contribution < 1.29 is 14.2 Å². The molecule has 5 rings (SSSR count). The number of para-hydroxylation sites is 1. The van der Waals surface area contributed by atoms with Crippen LogP contribution in [0.3, 0.4) is 0 Å². The molecule has 162 valence electrons. The average Bonchev–Trinajstić information content (AvgIpc) is 2.76. The van der Waals surface area contributed by atoms with E-state index < -0.39 is 16.3 Å². The van der Waals surface area contributed by atoms with Crippen LogP contribution in [0.5, 0.6) is 5.75 Å². The van der Waals surface area contributed by atoms with Gasteiger partial charge >= 0.3 is 0 Å². The van der Waals surface area contributed by atoms with E-state index in [-0.39, 0.29) is 34.2 Å². The van der Waals surface area contributed by atoms with Gasteiger partial charge < -0.3 is 10.4 Å². The van der Waals surface area contributed by atoms with Crippen molar-refractivity contribution in [1.82, 2.24) is 9.55 Å². The normalized spacial score (nSPS) is 15.5. The number of nitrogens with one attached hydrogen (secondary N) is 1. The third-order valence-electron chi connectivity index (χ3n) is 5.11. The first-order chi connectivity index (χ1) is 15.3. The molecule has 10 heteroatoms. The zero-order chi connectivity index (χ0) is 22.5. The van der Waals surface area contributed by atoms with Gasteiger partial charge in [0.1, 0.15) is 21.9 Å². The predicted octanol–water partition coefficient (Wildman–Crippen LogP) is 4.70. The smallest absolute Gasteiger partial charge is 0.267 e. The highest BCUT2D eigenvalue weighted by atomic mass is 35.5. The highest BCUT2D eigenvalue weighted by Crippen LogP contribution is 2.55. The van der Waals surface area contributed by atoms with E-state index in [1.165, 1.54) is 10.8 Å². The van der Waals surface area contributed by atoms with Crippen molar-refractivity contribution in [2.24, 2.45) is 4.40 Å². The maximum Gasteiger partial charge on any atom is 0.267 e. The molecule has 0 saturated carbocycles. The summed E-state index contributed by atoms with van der Waals surface area (Å²) < 4.78 is 26.6. The van der Waals surface area contributed by atoms with Crippen LogP contribution in [-0.4, -0.2) is 29.6 Å². The predicted molar refractivity (Wildman–Crippen MR) is 126 cm³/mol. The molecule has 4 N–H and O–H groups in total. The van der Waals surface area contributed by atoms with Crippen LogP contribution in [-0.2, 0) is 6.54 Å². The highest BCUT2D eigenvalue weighted by Gasteiger charge is 2.30. The van der Waals surface area contributed by atoms with Crippen molar-refractivity contribution in [1.29, 1.82) is 0 Å². The first kappa shape index (κ1) is 20.5. The molecule has 1 aliphatic heterocycles. The Morgan fingerprint density at radius 3 is 2.69 bits per heavy atom. The fourth-order valence-electron chi connectivity index (χ4n) is 3.69. The van der Waals surface area contributed by atoms with Gasteiger partial charge in [0.2, 0.25) is 0 Å². The van der Waals surface area contributed by atoms with Crippen molar-refractivity contribution in [2.45, 2.75) is 11.4 Å². The quantitative estimate of drug-likeness (QED) is 0.346. The monoisotopic (exact) mass is 468 g/mol. The molecule has 0 aliphatic carbocycles. The second-order valence-electron chi connectivity index (χ2n) is 7.20. The Hall–Kier alpha value is -3.37. The minimum absolute atomic E-state index is 0.128. The zero-order valence-corrected chi connectivity index (χ0v) is 18.0. The van der Waals surface area contributed by atoms with Gasteiger partial charge in [0, 0.05) is 11.2 Å². The summed E-state index contributed by atoms with van der Waals surface area (Å²) >= 11 is 6.10. The lowest BCUT2D eigenvalue weighted by molar-refractivity contribution is 0.477. The van der Waals surface area contributed by atoms with E-state index in [4.69, 9.17) is 11.6 Å². The van der Waals surface area contributed by atoms with Crippen LogP contribution in [0.2, 0.25) is 5.02 Å². The molecule has 0 fully saturated rings. The number of aromatic hydroxyl groups is 1. The number of hydrogen-bond donors (Lipinski definition) is 4. The molecule has 0 amide bonds. The number of nitrogens with zero attached hydrogens (tertiary/aromatic N) is 3. The number of amidine groups is 1. The molecule has 32 heavy (non-hydrogen) atoms. The SMILES string of the molecule is O=c1c(C2=NS(O)(O)c3ccccc3N2)c(O)c2cccnc2n1Cc1cccc(Cl)c1. The third kappa shape index (κ3) is 3.41. The Morgan fingerprint density at radius 1 is 1.06 bits per heavy atom. The average molecular weight is 469 g/mol. The number of anilines is 1. The Bertz CT molecular complexity index is 1470. The molecule has 0 radical (unpaired) electrons. The zero-order valence-electron chi connectivity index (χ0n) is 16.4. The summed E-state index contributed by atoms with van der Waals surface area (Å²) in [6.45, 7) is 0.139. The van der Waals surface area contributed by atoms with Crippen molar-refractivity contribution >= 4 is 44.9 Å². The fraction of sp³-hybridized carbons (Fsp3) is 0.0455. The Kier molecular flexibility index (Phi) is 4.90. The lowest BCUT2D eigenvalue weighted by atomic mass is 10.1. The largest absolute Gasteiger partial charge is 0.506 e. The summed E-state index contributed by atoms with van der Waals surface area (Å²) in [6, 6.07) is 16.9. The Morgan fingerprint density at radius 2 is 1.88 bits per heavy atom. The molecule has 4 aromatic rings. The molecule has 3 heterocycles. The van der Waals surface area contributed by atoms with E-state index in [0.717, 1.165) is 5.56 Å². The second-order valence-corrected chi connectivity index (χ2v) is 9.30. The van der Waals surface area contributed by atoms with Gasteiger partial charge in [-0.2, -0.15) is 0 Å². The van der Waals surface area contributed by atoms with Crippen LogP contribution < -0.4 is 10.9 Å². The summed E-state index contributed by atoms with van der Waals surface area (Å²) in [6.07, 6.45) is 1.53. The summed E-state index contributed by atoms with van der Waals surface area (Å²) in [4.78, 5) is 18.1. The maximum absolute atomic E-state index is 13.6. The number of hydrogen-bond acceptors (Lipinski definition) is 7. The molecule has 0 unspecified atom stereocenters. The molecule has 1 aliphatic rings. The summed E-state index contributed by atoms with van der Waals surface area (Å²) in [5.74, 6) is -0.474. The Balaban J connectivity index is 1.75. The van der Waals surface area contributed by atoms with Gasteiger partial charge in [0.25, 0.3) is 5.56 Å². The van der Waals surface area contributed by atoms with Crippen molar-refractivity contribution in [3.63, 3.8) is 0 Å². The molecular formula is C22H17ClN4O4S. The Labute approximate surface area is 189 Å². The van der Waals surface area contributed by atoms with Crippen LogP contribution in [0.1, 0.15) is 11.1 Å². The van der Waals surface area contributed by atoms with Crippen LogP contribution in [0, 0.1) is 0 Å². The lowest BCUT2D eigenvalue weighted by Crippen LogP contribution is -2.32. The van der Waals surface area contributed by atoms with E-state index in [1.807, 2.05) is 6.07 Å². The lowest BCUT2D eigenvalue weighted by Gasteiger charge is -2.34. The van der Waals surface area contributed by atoms with Crippen LogP contribution in [0.4, 0.5) is 5.69 Å². The van der Waals surface area contributed by atoms with Crippen molar-refractivity contribution in [2.75, 3.05) is 5.32 Å². The molecule has 0 bridgehead atoms. The molecule has 2 aromatic heterocycles. The van der Waals surface area contributed by atoms with Gasteiger partial charge in [-0.15, -0.1) is 4.40 Å². The molecule has 2 aromatic carbocycles. The van der Waals surface area contributed by atoms with Gasteiger partial charge in [-0.1, -0.05) is 46.6 Å². The number of benzene rings is 2. The summed E-state index contributed by atoms with van der Waals surface area (Å²) in [5.41, 5.74) is 0.666. The number of fused-ring (bicyclic) bond motifs is 2. The summed E-state index contributed by atoms with van der Waals surface area (Å²) in [5, 5.41) is 14.8. The number of rotatable bonds is 3. The van der Waals surface area contributed by atoms with Gasteiger partial charge in [-0.05, 0) is 42.0 Å². The van der Waals surface area contributed by atoms with E-state index in [1.54, 1.807) is 54.6 Å². The first-order valence-electron chi connectivity index (χ1n) is 9.55. The van der Waals surface area contributed by atoms with Crippen LogP contribution in [0.25, 0.3) is 11.0 Å². The minimum Gasteiger partial charge on any atom is -0.506 e. The fourth-order valence-corrected chi connectivity index (χ4v) is 5.06. The van der Waals surface area contributed by atoms with Gasteiger partial charge in [-0.3, -0.25) is 18.5 Å². The van der Waals surface area contributed by atoms with Crippen molar-refractivity contribution in [3.8, 4) is 5.75 Å². The molecule has 0 saturated heterocycles. The van der Waals surface area contributed by atoms with Crippen molar-refractivity contribution in [3.05, 3.63) is 93.4 Å². The van der Waals surface area contributed by atoms with Crippen LogP contribution in [0.15, 0.2) is 80.9 Å². The van der Waals surface area contributed by atoms with Crippen LogP contribution >= 0.6 is 22.4 Å². The number of aromatic nitrogens is 2. The van der Waals surface area contributed by atoms with E-state index in [9.17, 15) is 19.0 Å². The first-order valence-corrected chi connectivity index (χ1v) is 11.4. The maximum atomic E-state index is 13.6. The van der Waals surface area contributed by atoms with E-state index in [2.05, 4.69) is 14.7 Å². The molecule has 0 spiro atoms. The molecular weight excluding hydrogens is 452 g/mol. The van der Waals surface area contributed by atoms with Gasteiger partial charge in [-0.25, -0.2) is 4.98 Å². The number of pyridine rings is 2. The second kappa shape index (κ2) is 7.64. The van der Waals surface area contributed by atoms with E-state index >= 15 is 0 Å². The summed E-state index contributed by atoms with van der Waals surface area (Å²) in [7, 11) is -3.57. The minimum atomic E-state index is -3.57. The number of halogens is 1. The van der Waals surface area contributed by atoms with Gasteiger partial charge in [0.15, 0.2) is 5.84 Å². The van der Waals surface area contributed by atoms with E-state index in [0.29, 0.717) is 16.1 Å². The standard InChI is InChI=1S/C22H17ClN4O4S/c23-14-6-3-5-13(11-14)12-27-21-15(7-4-10-24-21)19(28)18(22(27)29)20-25-16-8-1-2-9-17(16)32(30,31)26-20/h1-11,28,30-31H,12H2,(H,25,26). The third-order valence-corrected chi connectivity index (χ3v) is 6.73. The molecule has 0 atom stereocenters.